The summed E-state index contributed by atoms with van der Waals surface area (Å²) in [6.07, 6.45) is 1.55. The Kier molecular flexibility index (Phi) is 2.65. The maximum atomic E-state index is 14.0. The van der Waals surface area contributed by atoms with Crippen LogP contribution in [0.5, 0.6) is 0 Å². The number of benzene rings is 2. The molecule has 3 aromatic rings. The van der Waals surface area contributed by atoms with Crippen LogP contribution in [0.2, 0.25) is 0 Å². The third-order valence-electron chi connectivity index (χ3n) is 3.62. The monoisotopic (exact) mass is 302 g/mol. The van der Waals surface area contributed by atoms with Gasteiger partial charge in [0.15, 0.2) is 17.4 Å². The third-order valence-corrected chi connectivity index (χ3v) is 4.75. The van der Waals surface area contributed by atoms with Gasteiger partial charge in [-0.15, -0.1) is 11.8 Å². The molecule has 0 bridgehead atoms. The fraction of sp³-hybridized carbons (Fsp3) is 0.0625. The second-order valence-corrected chi connectivity index (χ2v) is 5.77. The molecule has 104 valence electrons. The third kappa shape index (κ3) is 1.74. The van der Waals surface area contributed by atoms with E-state index in [4.69, 9.17) is 4.42 Å². The van der Waals surface area contributed by atoms with Crippen LogP contribution in [0.3, 0.4) is 0 Å². The molecule has 4 rings (SSSR count). The number of carbonyl (C=O) groups is 1. The molecular formula is C16H8F2O2S. The van der Waals surface area contributed by atoms with Crippen LogP contribution < -0.4 is 0 Å². The van der Waals surface area contributed by atoms with E-state index in [0.29, 0.717) is 16.0 Å². The minimum absolute atomic E-state index is 0.112. The first-order valence-corrected chi connectivity index (χ1v) is 7.30. The summed E-state index contributed by atoms with van der Waals surface area (Å²) in [6, 6.07) is 7.64. The number of fused-ring (bicyclic) bond motifs is 4. The lowest BCUT2D eigenvalue weighted by atomic mass is 9.98. The molecule has 0 unspecified atom stereocenters. The lowest BCUT2D eigenvalue weighted by Gasteiger charge is -2.06. The van der Waals surface area contributed by atoms with Crippen molar-refractivity contribution in [1.29, 1.82) is 0 Å². The van der Waals surface area contributed by atoms with Crippen molar-refractivity contribution in [3.8, 4) is 0 Å². The molecule has 1 aromatic heterocycles. The maximum absolute atomic E-state index is 14.0. The molecule has 2 nitrogen and oxygen atoms in total. The zero-order valence-corrected chi connectivity index (χ0v) is 11.5. The van der Waals surface area contributed by atoms with Gasteiger partial charge in [0.25, 0.3) is 0 Å². The number of furan rings is 1. The maximum Gasteiger partial charge on any atom is 0.194 e. The van der Waals surface area contributed by atoms with Crippen molar-refractivity contribution in [2.45, 2.75) is 10.6 Å². The molecule has 1 aliphatic rings. The molecule has 0 radical (unpaired) electrons. The van der Waals surface area contributed by atoms with E-state index in [1.165, 1.54) is 17.8 Å². The summed E-state index contributed by atoms with van der Waals surface area (Å²) >= 11 is 1.29. The second kappa shape index (κ2) is 4.43. The molecule has 21 heavy (non-hydrogen) atoms. The van der Waals surface area contributed by atoms with E-state index in [9.17, 15) is 13.6 Å². The number of halogens is 2. The molecular weight excluding hydrogens is 294 g/mol. The van der Waals surface area contributed by atoms with Crippen molar-refractivity contribution in [3.63, 3.8) is 0 Å². The van der Waals surface area contributed by atoms with E-state index in [0.717, 1.165) is 11.5 Å². The SMILES string of the molecule is O=C1c2ccc(F)c(F)c2CSc2c1ccc1ccoc21. The van der Waals surface area contributed by atoms with Gasteiger partial charge >= 0.3 is 0 Å². The summed E-state index contributed by atoms with van der Waals surface area (Å²) in [5, 5.41) is 0.881. The van der Waals surface area contributed by atoms with E-state index in [2.05, 4.69) is 0 Å². The van der Waals surface area contributed by atoms with Gasteiger partial charge in [-0.2, -0.15) is 0 Å². The van der Waals surface area contributed by atoms with Crippen LogP contribution in [-0.2, 0) is 5.75 Å². The van der Waals surface area contributed by atoms with Crippen LogP contribution in [0, 0.1) is 11.6 Å². The van der Waals surface area contributed by atoms with Crippen molar-refractivity contribution < 1.29 is 18.0 Å². The smallest absolute Gasteiger partial charge is 0.194 e. The van der Waals surface area contributed by atoms with Gasteiger partial charge in [-0.3, -0.25) is 4.79 Å². The first-order chi connectivity index (χ1) is 10.2. The van der Waals surface area contributed by atoms with E-state index < -0.39 is 11.6 Å². The number of carbonyl (C=O) groups excluding carboxylic acids is 1. The molecule has 5 heteroatoms. The van der Waals surface area contributed by atoms with Crippen LogP contribution in [0.15, 0.2) is 45.9 Å². The Labute approximate surface area is 122 Å². The first kappa shape index (κ1) is 12.6. The Morgan fingerprint density at radius 2 is 1.86 bits per heavy atom. The summed E-state index contributed by atoms with van der Waals surface area (Å²) < 4.78 is 32.8. The van der Waals surface area contributed by atoms with Gasteiger partial charge in [0, 0.05) is 27.8 Å². The zero-order chi connectivity index (χ0) is 14.6. The van der Waals surface area contributed by atoms with Crippen LogP contribution >= 0.6 is 11.8 Å². The highest BCUT2D eigenvalue weighted by atomic mass is 32.2. The molecule has 0 fully saturated rings. The standard InChI is InChI=1S/C16H8F2O2S/c17-12-4-3-9-11(13(12)18)7-21-16-10(14(9)19)2-1-8-5-6-20-15(8)16/h1-6H,7H2. The number of ketones is 1. The van der Waals surface area contributed by atoms with Crippen molar-refractivity contribution in [1.82, 2.24) is 0 Å². The quantitative estimate of drug-likeness (QED) is 0.610. The fourth-order valence-electron chi connectivity index (χ4n) is 2.56. The number of thioether (sulfide) groups is 1. The summed E-state index contributed by atoms with van der Waals surface area (Å²) in [6.45, 7) is 0. The molecule has 0 amide bonds. The minimum atomic E-state index is -0.947. The van der Waals surface area contributed by atoms with E-state index in [-0.39, 0.29) is 22.7 Å². The van der Waals surface area contributed by atoms with E-state index in [1.54, 1.807) is 24.5 Å². The van der Waals surface area contributed by atoms with Crippen molar-refractivity contribution in [2.75, 3.05) is 0 Å². The average Bonchev–Trinajstić information content (AvgIpc) is 2.91. The van der Waals surface area contributed by atoms with Gasteiger partial charge in [-0.05, 0) is 24.3 Å². The second-order valence-electron chi connectivity index (χ2n) is 4.79. The Hall–Kier alpha value is -2.14. The van der Waals surface area contributed by atoms with Gasteiger partial charge in [0.2, 0.25) is 0 Å². The highest BCUT2D eigenvalue weighted by Crippen LogP contribution is 2.39. The highest BCUT2D eigenvalue weighted by molar-refractivity contribution is 7.98. The summed E-state index contributed by atoms with van der Waals surface area (Å²) in [5.74, 6) is -1.99. The van der Waals surface area contributed by atoms with Gasteiger partial charge in [0.1, 0.15) is 5.58 Å². The molecule has 2 aromatic carbocycles. The Balaban J connectivity index is 2.00. The first-order valence-electron chi connectivity index (χ1n) is 6.31. The van der Waals surface area contributed by atoms with Crippen LogP contribution in [-0.4, -0.2) is 5.78 Å². The van der Waals surface area contributed by atoms with Gasteiger partial charge < -0.3 is 4.42 Å². The van der Waals surface area contributed by atoms with Crippen molar-refractivity contribution in [3.05, 3.63) is 64.9 Å². The lowest BCUT2D eigenvalue weighted by Crippen LogP contribution is -2.06. The van der Waals surface area contributed by atoms with Gasteiger partial charge in [-0.25, -0.2) is 8.78 Å². The van der Waals surface area contributed by atoms with Crippen molar-refractivity contribution >= 4 is 28.5 Å². The predicted octanol–water partition coefficient (Wildman–Crippen LogP) is 4.55. The molecule has 0 spiro atoms. The van der Waals surface area contributed by atoms with Gasteiger partial charge in [0.05, 0.1) is 11.2 Å². The Morgan fingerprint density at radius 1 is 1.05 bits per heavy atom. The molecule has 0 atom stereocenters. The average molecular weight is 302 g/mol. The van der Waals surface area contributed by atoms with Gasteiger partial charge in [-0.1, -0.05) is 6.07 Å². The zero-order valence-electron chi connectivity index (χ0n) is 10.7. The molecule has 0 N–H and O–H groups in total. The van der Waals surface area contributed by atoms with Crippen LogP contribution in [0.1, 0.15) is 21.5 Å². The number of rotatable bonds is 0. The number of hydrogen-bond acceptors (Lipinski definition) is 3. The predicted molar refractivity (Wildman–Crippen MR) is 75.6 cm³/mol. The minimum Gasteiger partial charge on any atom is -0.463 e. The summed E-state index contributed by atoms with van der Waals surface area (Å²) in [5.41, 5.74) is 1.40. The normalized spacial score (nSPS) is 13.9. The molecule has 0 aliphatic carbocycles. The molecule has 0 saturated carbocycles. The summed E-state index contributed by atoms with van der Waals surface area (Å²) in [7, 11) is 0. The Morgan fingerprint density at radius 3 is 2.71 bits per heavy atom. The molecule has 1 aliphatic heterocycles. The number of hydrogen-bond donors (Lipinski definition) is 0. The molecule has 2 heterocycles. The largest absolute Gasteiger partial charge is 0.463 e. The topological polar surface area (TPSA) is 30.2 Å². The molecule has 0 saturated heterocycles. The van der Waals surface area contributed by atoms with E-state index in [1.807, 2.05) is 0 Å². The highest BCUT2D eigenvalue weighted by Gasteiger charge is 2.27. The Bertz CT molecular complexity index is 899. The summed E-state index contributed by atoms with van der Waals surface area (Å²) in [4.78, 5) is 13.3. The van der Waals surface area contributed by atoms with Crippen molar-refractivity contribution in [2.24, 2.45) is 0 Å². The van der Waals surface area contributed by atoms with Crippen LogP contribution in [0.4, 0.5) is 8.78 Å². The lowest BCUT2D eigenvalue weighted by molar-refractivity contribution is 0.103. The van der Waals surface area contributed by atoms with E-state index >= 15 is 0 Å². The fourth-order valence-corrected chi connectivity index (χ4v) is 3.75. The van der Waals surface area contributed by atoms with Crippen LogP contribution in [0.25, 0.3) is 11.0 Å².